The van der Waals surface area contributed by atoms with Gasteiger partial charge in [0.25, 0.3) is 0 Å². The Hall–Kier alpha value is -0.170. The Kier molecular flexibility index (Phi) is 6.43. The van der Waals surface area contributed by atoms with Crippen molar-refractivity contribution < 1.29 is 0 Å². The molecule has 1 unspecified atom stereocenters. The van der Waals surface area contributed by atoms with E-state index in [1.54, 1.807) is 0 Å². The van der Waals surface area contributed by atoms with E-state index in [4.69, 9.17) is 0 Å². The van der Waals surface area contributed by atoms with Crippen LogP contribution in [0.4, 0.5) is 0 Å². The van der Waals surface area contributed by atoms with Gasteiger partial charge in [-0.15, -0.1) is 13.2 Å². The first kappa shape index (κ1) is 10.8. The Morgan fingerprint density at radius 3 is 1.91 bits per heavy atom. The van der Waals surface area contributed by atoms with E-state index in [1.807, 2.05) is 12.2 Å². The average molecular weight is 172 g/mol. The fraction of sp³-hybridized carbons (Fsp3) is 0.500. The minimum atomic E-state index is 0.718. The highest BCUT2D eigenvalue weighted by Crippen LogP contribution is 2.18. The molecular weight excluding hydrogens is 155 g/mol. The molecular formula is C8H17N2P. The SMILES string of the molecule is C=CCN(CC=C)PN(C)C. The van der Waals surface area contributed by atoms with E-state index < -0.39 is 0 Å². The number of hydrogen-bond acceptors (Lipinski definition) is 2. The number of nitrogens with zero attached hydrogens (tertiary/aromatic N) is 2. The van der Waals surface area contributed by atoms with Gasteiger partial charge in [-0.05, 0) is 14.1 Å². The molecule has 11 heavy (non-hydrogen) atoms. The van der Waals surface area contributed by atoms with Gasteiger partial charge in [0.15, 0.2) is 0 Å². The van der Waals surface area contributed by atoms with E-state index in [0.717, 1.165) is 22.0 Å². The second-order valence-corrected chi connectivity index (χ2v) is 4.20. The first-order valence-corrected chi connectivity index (χ1v) is 4.50. The fourth-order valence-corrected chi connectivity index (χ4v) is 1.74. The van der Waals surface area contributed by atoms with E-state index in [0.29, 0.717) is 0 Å². The van der Waals surface area contributed by atoms with Gasteiger partial charge in [0.2, 0.25) is 0 Å². The van der Waals surface area contributed by atoms with Gasteiger partial charge in [-0.1, -0.05) is 12.2 Å². The van der Waals surface area contributed by atoms with Gasteiger partial charge in [0.05, 0.1) is 0 Å². The minimum Gasteiger partial charge on any atom is -0.279 e. The molecule has 0 aromatic rings. The molecule has 0 aromatic carbocycles. The van der Waals surface area contributed by atoms with Crippen molar-refractivity contribution in [1.82, 2.24) is 9.34 Å². The summed E-state index contributed by atoms with van der Waals surface area (Å²) < 4.78 is 4.44. The van der Waals surface area contributed by atoms with Crippen molar-refractivity contribution in [3.8, 4) is 0 Å². The molecule has 64 valence electrons. The van der Waals surface area contributed by atoms with Crippen molar-refractivity contribution in [2.24, 2.45) is 0 Å². The smallest absolute Gasteiger partial charge is 0.0240 e. The lowest BCUT2D eigenvalue weighted by Gasteiger charge is -2.22. The first-order valence-electron chi connectivity index (χ1n) is 3.61. The second-order valence-electron chi connectivity index (χ2n) is 2.48. The van der Waals surface area contributed by atoms with Crippen LogP contribution in [0.1, 0.15) is 0 Å². The molecule has 0 amide bonds. The minimum absolute atomic E-state index is 0.718. The summed E-state index contributed by atoms with van der Waals surface area (Å²) >= 11 is 0. The summed E-state index contributed by atoms with van der Waals surface area (Å²) in [4.78, 5) is 0. The molecule has 0 aromatic heterocycles. The molecule has 0 saturated heterocycles. The molecule has 1 atom stereocenters. The van der Waals surface area contributed by atoms with Gasteiger partial charge in [-0.3, -0.25) is 9.34 Å². The maximum absolute atomic E-state index is 3.70. The quantitative estimate of drug-likeness (QED) is 0.444. The molecule has 0 spiro atoms. The van der Waals surface area contributed by atoms with Gasteiger partial charge in [-0.2, -0.15) is 0 Å². The molecule has 2 nitrogen and oxygen atoms in total. The molecule has 0 aliphatic carbocycles. The first-order chi connectivity index (χ1) is 5.20. The molecule has 0 bridgehead atoms. The predicted octanol–water partition coefficient (Wildman–Crippen LogP) is 1.73. The Morgan fingerprint density at radius 1 is 1.18 bits per heavy atom. The normalized spacial score (nSPS) is 11.6. The van der Waals surface area contributed by atoms with E-state index in [1.165, 1.54) is 0 Å². The lowest BCUT2D eigenvalue weighted by atomic mass is 10.5. The molecule has 3 heteroatoms. The zero-order chi connectivity index (χ0) is 8.69. The summed E-state index contributed by atoms with van der Waals surface area (Å²) in [6, 6.07) is 0. The van der Waals surface area contributed by atoms with Crippen LogP contribution in [0, 0.1) is 0 Å². The van der Waals surface area contributed by atoms with Gasteiger partial charge in [-0.25, -0.2) is 0 Å². The van der Waals surface area contributed by atoms with E-state index in [-0.39, 0.29) is 0 Å². The topological polar surface area (TPSA) is 6.48 Å². The molecule has 0 heterocycles. The summed E-state index contributed by atoms with van der Waals surface area (Å²) in [6.07, 6.45) is 3.83. The highest BCUT2D eigenvalue weighted by Gasteiger charge is 2.00. The third-order valence-electron chi connectivity index (χ3n) is 1.04. The van der Waals surface area contributed by atoms with Crippen molar-refractivity contribution in [1.29, 1.82) is 0 Å². The highest BCUT2D eigenvalue weighted by atomic mass is 31.1. The Balaban J connectivity index is 3.67. The standard InChI is InChI=1S/C8H17N2P/c1-5-7-10(8-6-2)11-9(3)4/h5-6,11H,1-2,7-8H2,3-4H3. The average Bonchev–Trinajstić information content (AvgIpc) is 1.87. The maximum atomic E-state index is 3.70. The molecule has 0 aliphatic heterocycles. The van der Waals surface area contributed by atoms with Crippen molar-refractivity contribution in [2.75, 3.05) is 27.2 Å². The van der Waals surface area contributed by atoms with E-state index in [2.05, 4.69) is 36.6 Å². The Bertz CT molecular complexity index is 113. The zero-order valence-corrected chi connectivity index (χ0v) is 8.38. The second kappa shape index (κ2) is 6.53. The van der Waals surface area contributed by atoms with Crippen molar-refractivity contribution in [2.45, 2.75) is 0 Å². The van der Waals surface area contributed by atoms with Gasteiger partial charge in [0, 0.05) is 22.0 Å². The van der Waals surface area contributed by atoms with Crippen LogP contribution < -0.4 is 0 Å². The van der Waals surface area contributed by atoms with Crippen molar-refractivity contribution in [3.05, 3.63) is 25.3 Å². The molecule has 0 rings (SSSR count). The molecule has 0 N–H and O–H groups in total. The molecule has 0 saturated carbocycles. The van der Waals surface area contributed by atoms with Crippen LogP contribution in [0.25, 0.3) is 0 Å². The van der Waals surface area contributed by atoms with Crippen LogP contribution in [0.2, 0.25) is 0 Å². The van der Waals surface area contributed by atoms with Crippen LogP contribution in [-0.2, 0) is 0 Å². The zero-order valence-electron chi connectivity index (χ0n) is 7.38. The summed E-state index contributed by atoms with van der Waals surface area (Å²) in [5.41, 5.74) is 0. The lowest BCUT2D eigenvalue weighted by molar-refractivity contribution is 0.524. The summed E-state index contributed by atoms with van der Waals surface area (Å²) in [7, 11) is 4.85. The van der Waals surface area contributed by atoms with Crippen molar-refractivity contribution >= 4 is 8.88 Å². The fourth-order valence-electron chi connectivity index (χ4n) is 0.751. The summed E-state index contributed by atoms with van der Waals surface area (Å²) in [6.45, 7) is 9.27. The third kappa shape index (κ3) is 6.24. The van der Waals surface area contributed by atoms with Gasteiger partial charge in [0.1, 0.15) is 0 Å². The largest absolute Gasteiger partial charge is 0.279 e. The van der Waals surface area contributed by atoms with E-state index in [9.17, 15) is 0 Å². The Labute approximate surface area is 71.5 Å². The van der Waals surface area contributed by atoms with Crippen LogP contribution >= 0.6 is 8.88 Å². The maximum Gasteiger partial charge on any atom is 0.0240 e. The molecule has 0 fully saturated rings. The van der Waals surface area contributed by atoms with Crippen LogP contribution in [0.3, 0.4) is 0 Å². The van der Waals surface area contributed by atoms with Crippen LogP contribution in [0.15, 0.2) is 25.3 Å². The van der Waals surface area contributed by atoms with Gasteiger partial charge >= 0.3 is 0 Å². The lowest BCUT2D eigenvalue weighted by Crippen LogP contribution is -2.18. The number of rotatable bonds is 6. The van der Waals surface area contributed by atoms with E-state index >= 15 is 0 Å². The van der Waals surface area contributed by atoms with Gasteiger partial charge < -0.3 is 0 Å². The van der Waals surface area contributed by atoms with Crippen LogP contribution in [0.5, 0.6) is 0 Å². The Morgan fingerprint density at radius 2 is 1.64 bits per heavy atom. The summed E-state index contributed by atoms with van der Waals surface area (Å²) in [5, 5.41) is 0. The predicted molar refractivity (Wildman–Crippen MR) is 54.0 cm³/mol. The monoisotopic (exact) mass is 172 g/mol. The molecule has 0 radical (unpaired) electrons. The number of hydrogen-bond donors (Lipinski definition) is 0. The van der Waals surface area contributed by atoms with Crippen molar-refractivity contribution in [3.63, 3.8) is 0 Å². The summed E-state index contributed by atoms with van der Waals surface area (Å²) in [5.74, 6) is 0. The van der Waals surface area contributed by atoms with Crippen LogP contribution in [-0.4, -0.2) is 36.5 Å². The highest BCUT2D eigenvalue weighted by molar-refractivity contribution is 7.32. The third-order valence-corrected chi connectivity index (χ3v) is 2.09. The molecule has 0 aliphatic rings.